The maximum Gasteiger partial charge on any atom is 0.307 e. The number of carboxylic acids is 1. The van der Waals surface area contributed by atoms with Crippen molar-refractivity contribution >= 4 is 12.0 Å². The van der Waals surface area contributed by atoms with E-state index in [2.05, 4.69) is 0 Å². The van der Waals surface area contributed by atoms with Crippen molar-refractivity contribution in [3.8, 4) is 0 Å². The molecule has 2 rings (SSSR count). The van der Waals surface area contributed by atoms with Gasteiger partial charge in [-0.2, -0.15) is 0 Å². The van der Waals surface area contributed by atoms with Gasteiger partial charge in [0.2, 0.25) is 0 Å². The Morgan fingerprint density at radius 1 is 1.50 bits per heavy atom. The number of rotatable bonds is 2. The van der Waals surface area contributed by atoms with Crippen molar-refractivity contribution in [2.24, 2.45) is 0 Å². The molecule has 0 saturated heterocycles. The van der Waals surface area contributed by atoms with E-state index in [0.29, 0.717) is 6.42 Å². The fourth-order valence-corrected chi connectivity index (χ4v) is 1.69. The van der Waals surface area contributed by atoms with E-state index in [0.717, 1.165) is 16.7 Å². The van der Waals surface area contributed by atoms with Gasteiger partial charge < -0.3 is 5.11 Å². The van der Waals surface area contributed by atoms with Crippen LogP contribution in [0.3, 0.4) is 0 Å². The highest BCUT2D eigenvalue weighted by Crippen LogP contribution is 2.27. The minimum atomic E-state index is -0.843. The summed E-state index contributed by atoms with van der Waals surface area (Å²) in [5.74, 6) is -1.11. The van der Waals surface area contributed by atoms with Crippen LogP contribution in [0.4, 0.5) is 4.39 Å². The van der Waals surface area contributed by atoms with Gasteiger partial charge in [-0.3, -0.25) is 4.79 Å². The maximum absolute atomic E-state index is 12.8. The second-order valence-corrected chi connectivity index (χ2v) is 3.39. The number of carboxylic acid groups (broad SMARTS) is 1. The van der Waals surface area contributed by atoms with Crippen LogP contribution in [-0.2, 0) is 11.2 Å². The number of hydrogen-bond donors (Lipinski definition) is 1. The summed E-state index contributed by atoms with van der Waals surface area (Å²) in [5.41, 5.74) is 2.64. The lowest BCUT2D eigenvalue weighted by Gasteiger charge is -1.97. The Bertz CT molecular complexity index is 421. The zero-order valence-corrected chi connectivity index (χ0v) is 7.46. The zero-order valence-electron chi connectivity index (χ0n) is 7.46. The van der Waals surface area contributed by atoms with Crippen LogP contribution in [0.2, 0.25) is 0 Å². The minimum absolute atomic E-state index is 0.0380. The van der Waals surface area contributed by atoms with Gasteiger partial charge in [-0.25, -0.2) is 4.39 Å². The van der Waals surface area contributed by atoms with Crippen molar-refractivity contribution in [1.82, 2.24) is 0 Å². The third-order valence-corrected chi connectivity index (χ3v) is 2.26. The largest absolute Gasteiger partial charge is 0.481 e. The van der Waals surface area contributed by atoms with Gasteiger partial charge in [-0.1, -0.05) is 17.7 Å². The number of halogens is 1. The van der Waals surface area contributed by atoms with Crippen LogP contribution in [0.15, 0.2) is 23.8 Å². The van der Waals surface area contributed by atoms with E-state index >= 15 is 0 Å². The van der Waals surface area contributed by atoms with E-state index in [4.69, 9.17) is 5.11 Å². The molecule has 2 nitrogen and oxygen atoms in total. The van der Waals surface area contributed by atoms with E-state index in [1.807, 2.05) is 6.08 Å². The second-order valence-electron chi connectivity index (χ2n) is 3.39. The van der Waals surface area contributed by atoms with Gasteiger partial charge in [-0.05, 0) is 29.7 Å². The molecule has 0 fully saturated rings. The normalized spacial score (nSPS) is 13.6. The number of hydrogen-bond acceptors (Lipinski definition) is 1. The SMILES string of the molecule is O=C(O)CC1=Cc2ccc(F)cc2C1. The number of benzene rings is 1. The summed E-state index contributed by atoms with van der Waals surface area (Å²) in [6, 6.07) is 4.53. The molecule has 0 radical (unpaired) electrons. The molecule has 1 N–H and O–H groups in total. The average Bonchev–Trinajstić information content (AvgIpc) is 2.44. The summed E-state index contributed by atoms with van der Waals surface area (Å²) >= 11 is 0. The fraction of sp³-hybridized carbons (Fsp3) is 0.182. The standard InChI is InChI=1S/C11H9FO2/c12-10-2-1-8-3-7(5-11(13)14)4-9(8)6-10/h1-3,6H,4-5H2,(H,13,14). The molecule has 1 aromatic carbocycles. The smallest absolute Gasteiger partial charge is 0.307 e. The maximum atomic E-state index is 12.8. The molecule has 0 atom stereocenters. The van der Waals surface area contributed by atoms with Crippen LogP contribution in [0, 0.1) is 5.82 Å². The molecule has 0 aromatic heterocycles. The molecule has 0 spiro atoms. The highest BCUT2D eigenvalue weighted by molar-refractivity contribution is 5.75. The molecule has 1 aliphatic carbocycles. The van der Waals surface area contributed by atoms with Crippen LogP contribution < -0.4 is 0 Å². The zero-order chi connectivity index (χ0) is 10.1. The van der Waals surface area contributed by atoms with Crippen LogP contribution >= 0.6 is 0 Å². The lowest BCUT2D eigenvalue weighted by molar-refractivity contribution is -0.136. The first-order valence-electron chi connectivity index (χ1n) is 4.35. The Hall–Kier alpha value is -1.64. The summed E-state index contributed by atoms with van der Waals surface area (Å²) in [4.78, 5) is 10.5. The van der Waals surface area contributed by atoms with E-state index in [-0.39, 0.29) is 12.2 Å². The number of carbonyl (C=O) groups is 1. The summed E-state index contributed by atoms with van der Waals surface area (Å²) in [7, 11) is 0. The summed E-state index contributed by atoms with van der Waals surface area (Å²) in [6.07, 6.45) is 2.42. The summed E-state index contributed by atoms with van der Waals surface area (Å²) in [6.45, 7) is 0. The Morgan fingerprint density at radius 2 is 2.29 bits per heavy atom. The van der Waals surface area contributed by atoms with Crippen molar-refractivity contribution < 1.29 is 14.3 Å². The highest BCUT2D eigenvalue weighted by atomic mass is 19.1. The predicted octanol–water partition coefficient (Wildman–Crippen LogP) is 2.24. The molecule has 14 heavy (non-hydrogen) atoms. The van der Waals surface area contributed by atoms with Gasteiger partial charge in [0, 0.05) is 0 Å². The minimum Gasteiger partial charge on any atom is -0.481 e. The lowest BCUT2D eigenvalue weighted by Crippen LogP contribution is -1.97. The van der Waals surface area contributed by atoms with Gasteiger partial charge in [0.1, 0.15) is 5.82 Å². The van der Waals surface area contributed by atoms with E-state index in [1.54, 1.807) is 6.07 Å². The van der Waals surface area contributed by atoms with Gasteiger partial charge >= 0.3 is 5.97 Å². The van der Waals surface area contributed by atoms with Crippen molar-refractivity contribution in [2.75, 3.05) is 0 Å². The van der Waals surface area contributed by atoms with E-state index in [1.165, 1.54) is 12.1 Å². The Kier molecular flexibility index (Phi) is 2.08. The van der Waals surface area contributed by atoms with Crippen LogP contribution in [-0.4, -0.2) is 11.1 Å². The quantitative estimate of drug-likeness (QED) is 0.780. The molecule has 0 amide bonds. The van der Waals surface area contributed by atoms with Crippen LogP contribution in [0.5, 0.6) is 0 Å². The van der Waals surface area contributed by atoms with Crippen molar-refractivity contribution in [3.63, 3.8) is 0 Å². The Balaban J connectivity index is 2.23. The van der Waals surface area contributed by atoms with Gasteiger partial charge in [0.15, 0.2) is 0 Å². The Morgan fingerprint density at radius 3 is 3.00 bits per heavy atom. The van der Waals surface area contributed by atoms with Crippen molar-refractivity contribution in [1.29, 1.82) is 0 Å². The molecular weight excluding hydrogens is 183 g/mol. The van der Waals surface area contributed by atoms with E-state index in [9.17, 15) is 9.18 Å². The first kappa shape index (κ1) is 8.94. The molecule has 0 unspecified atom stereocenters. The Labute approximate surface area is 80.7 Å². The molecule has 1 aromatic rings. The molecule has 72 valence electrons. The number of fused-ring (bicyclic) bond motifs is 1. The average molecular weight is 192 g/mol. The van der Waals surface area contributed by atoms with Crippen LogP contribution in [0.1, 0.15) is 17.5 Å². The first-order chi connectivity index (χ1) is 6.65. The molecular formula is C11H9FO2. The topological polar surface area (TPSA) is 37.3 Å². The molecule has 0 saturated carbocycles. The van der Waals surface area contributed by atoms with E-state index < -0.39 is 5.97 Å². The van der Waals surface area contributed by atoms with Gasteiger partial charge in [0.25, 0.3) is 0 Å². The molecule has 0 heterocycles. The second kappa shape index (κ2) is 3.25. The molecule has 3 heteroatoms. The number of aliphatic carboxylic acids is 1. The first-order valence-corrected chi connectivity index (χ1v) is 4.35. The monoisotopic (exact) mass is 192 g/mol. The third kappa shape index (κ3) is 1.66. The fourth-order valence-electron chi connectivity index (χ4n) is 1.69. The van der Waals surface area contributed by atoms with Crippen molar-refractivity contribution in [2.45, 2.75) is 12.8 Å². The molecule has 0 bridgehead atoms. The van der Waals surface area contributed by atoms with Gasteiger partial charge in [0.05, 0.1) is 6.42 Å². The van der Waals surface area contributed by atoms with Crippen molar-refractivity contribution in [3.05, 3.63) is 40.7 Å². The third-order valence-electron chi connectivity index (χ3n) is 2.26. The highest BCUT2D eigenvalue weighted by Gasteiger charge is 2.14. The van der Waals surface area contributed by atoms with Gasteiger partial charge in [-0.15, -0.1) is 0 Å². The molecule has 1 aliphatic rings. The predicted molar refractivity (Wildman–Crippen MR) is 50.3 cm³/mol. The van der Waals surface area contributed by atoms with Crippen LogP contribution in [0.25, 0.3) is 6.08 Å². The molecule has 0 aliphatic heterocycles. The lowest BCUT2D eigenvalue weighted by atomic mass is 10.1. The summed E-state index contributed by atoms with van der Waals surface area (Å²) in [5, 5.41) is 8.59. The summed E-state index contributed by atoms with van der Waals surface area (Å²) < 4.78 is 12.8.